The van der Waals surface area contributed by atoms with E-state index in [2.05, 4.69) is 20.4 Å². The molecule has 1 aromatic carbocycles. The predicted molar refractivity (Wildman–Crippen MR) is 76.6 cm³/mol. The Balaban J connectivity index is 1.99. The number of anilines is 2. The molecule has 0 spiro atoms. The second kappa shape index (κ2) is 6.33. The van der Waals surface area contributed by atoms with Crippen LogP contribution < -0.4 is 10.6 Å². The van der Waals surface area contributed by atoms with Crippen LogP contribution in [0.3, 0.4) is 0 Å². The van der Waals surface area contributed by atoms with Crippen molar-refractivity contribution < 1.29 is 13.9 Å². The molecule has 20 heavy (non-hydrogen) atoms. The van der Waals surface area contributed by atoms with Crippen molar-refractivity contribution in [2.45, 2.75) is 13.5 Å². The van der Waals surface area contributed by atoms with Gasteiger partial charge in [0.2, 0.25) is 0 Å². The lowest BCUT2D eigenvalue weighted by Gasteiger charge is -2.08. The van der Waals surface area contributed by atoms with Gasteiger partial charge in [-0.3, -0.25) is 5.32 Å². The maximum atomic E-state index is 13.8. The number of aromatic nitrogens is 1. The minimum atomic E-state index is -0.706. The minimum absolute atomic E-state index is 0.0764. The summed E-state index contributed by atoms with van der Waals surface area (Å²) in [6, 6.07) is 4.46. The van der Waals surface area contributed by atoms with Crippen LogP contribution in [-0.2, 0) is 11.3 Å². The summed E-state index contributed by atoms with van der Waals surface area (Å²) in [6.45, 7) is 2.45. The monoisotopic (exact) mass is 295 g/mol. The van der Waals surface area contributed by atoms with Gasteiger partial charge in [0.25, 0.3) is 0 Å². The topological polar surface area (TPSA) is 63.2 Å². The fraction of sp³-hybridized carbons (Fsp3) is 0.231. The van der Waals surface area contributed by atoms with E-state index in [4.69, 9.17) is 0 Å². The molecule has 2 aromatic rings. The lowest BCUT2D eigenvalue weighted by molar-refractivity contribution is 0.187. The zero-order valence-electron chi connectivity index (χ0n) is 11.1. The number of methoxy groups -OCH3 is 1. The van der Waals surface area contributed by atoms with Gasteiger partial charge in [0, 0.05) is 16.8 Å². The van der Waals surface area contributed by atoms with E-state index in [0.29, 0.717) is 12.2 Å². The number of carbonyl (C=O) groups excluding carboxylic acids is 1. The highest BCUT2D eigenvalue weighted by Crippen LogP contribution is 2.20. The number of ether oxygens (including phenoxy) is 1. The van der Waals surface area contributed by atoms with Crippen molar-refractivity contribution >= 4 is 28.8 Å². The van der Waals surface area contributed by atoms with Crippen molar-refractivity contribution in [3.63, 3.8) is 0 Å². The third-order valence-corrected chi connectivity index (χ3v) is 3.47. The van der Waals surface area contributed by atoms with Gasteiger partial charge in [0.1, 0.15) is 10.8 Å². The number of hydrogen-bond acceptors (Lipinski definition) is 5. The summed E-state index contributed by atoms with van der Waals surface area (Å²) in [5.41, 5.74) is 1.66. The third-order valence-electron chi connectivity index (χ3n) is 2.50. The van der Waals surface area contributed by atoms with E-state index in [0.717, 1.165) is 10.7 Å². The summed E-state index contributed by atoms with van der Waals surface area (Å²) in [5.74, 6) is -0.532. The molecule has 5 nitrogen and oxygen atoms in total. The van der Waals surface area contributed by atoms with Gasteiger partial charge >= 0.3 is 6.09 Å². The highest BCUT2D eigenvalue weighted by Gasteiger charge is 2.07. The largest absolute Gasteiger partial charge is 0.453 e. The van der Waals surface area contributed by atoms with Crippen LogP contribution in [0, 0.1) is 12.7 Å². The van der Waals surface area contributed by atoms with Gasteiger partial charge in [-0.15, -0.1) is 11.3 Å². The summed E-state index contributed by atoms with van der Waals surface area (Å²) in [7, 11) is 1.22. The van der Waals surface area contributed by atoms with Crippen molar-refractivity contribution in [3.8, 4) is 0 Å². The second-order valence-corrected chi connectivity index (χ2v) is 4.99. The summed E-state index contributed by atoms with van der Waals surface area (Å²) < 4.78 is 18.2. The Morgan fingerprint density at radius 1 is 1.50 bits per heavy atom. The first-order valence-electron chi connectivity index (χ1n) is 5.88. The van der Waals surface area contributed by atoms with Crippen molar-refractivity contribution in [3.05, 3.63) is 40.1 Å². The minimum Gasteiger partial charge on any atom is -0.453 e. The summed E-state index contributed by atoms with van der Waals surface area (Å²) in [6.07, 6.45) is -0.706. The average Bonchev–Trinajstić information content (AvgIpc) is 2.85. The molecular weight excluding hydrogens is 281 g/mol. The zero-order valence-corrected chi connectivity index (χ0v) is 11.9. The Bertz CT molecular complexity index is 615. The molecule has 0 unspecified atom stereocenters. The number of nitrogens with zero attached hydrogens (tertiary/aromatic N) is 1. The number of carbonyl (C=O) groups is 1. The van der Waals surface area contributed by atoms with Crippen LogP contribution in [0.25, 0.3) is 0 Å². The Kier molecular flexibility index (Phi) is 4.52. The van der Waals surface area contributed by atoms with Gasteiger partial charge in [-0.2, -0.15) is 0 Å². The van der Waals surface area contributed by atoms with Crippen LogP contribution in [0.4, 0.5) is 20.6 Å². The van der Waals surface area contributed by atoms with Gasteiger partial charge in [-0.05, 0) is 25.1 Å². The molecule has 0 radical (unpaired) electrons. The molecule has 1 amide bonds. The number of aryl methyl sites for hydroxylation is 1. The van der Waals surface area contributed by atoms with E-state index >= 15 is 0 Å². The van der Waals surface area contributed by atoms with Crippen LogP contribution in [0.1, 0.15) is 10.7 Å². The number of rotatable bonds is 4. The fourth-order valence-corrected chi connectivity index (χ4v) is 2.26. The molecule has 0 aliphatic heterocycles. The molecule has 2 N–H and O–H groups in total. The maximum absolute atomic E-state index is 13.8. The number of benzene rings is 1. The molecule has 1 heterocycles. The van der Waals surface area contributed by atoms with E-state index in [-0.39, 0.29) is 5.69 Å². The molecule has 0 atom stereocenters. The molecule has 0 aliphatic rings. The molecule has 0 aliphatic carbocycles. The van der Waals surface area contributed by atoms with Crippen LogP contribution in [0.5, 0.6) is 0 Å². The quantitative estimate of drug-likeness (QED) is 0.907. The Labute approximate surface area is 119 Å². The molecule has 0 saturated carbocycles. The molecule has 2 rings (SSSR count). The predicted octanol–water partition coefficient (Wildman–Crippen LogP) is 3.38. The van der Waals surface area contributed by atoms with Gasteiger partial charge in [-0.25, -0.2) is 14.2 Å². The van der Waals surface area contributed by atoms with E-state index in [1.54, 1.807) is 17.4 Å². The number of thiazole rings is 1. The Morgan fingerprint density at radius 2 is 2.30 bits per heavy atom. The number of amides is 1. The van der Waals surface area contributed by atoms with Crippen LogP contribution in [0.15, 0.2) is 23.6 Å². The first-order chi connectivity index (χ1) is 9.58. The third kappa shape index (κ3) is 3.67. The zero-order chi connectivity index (χ0) is 14.5. The second-order valence-electron chi connectivity index (χ2n) is 4.05. The molecule has 0 saturated heterocycles. The van der Waals surface area contributed by atoms with E-state index in [1.807, 2.05) is 12.3 Å². The molecule has 106 valence electrons. The smallest absolute Gasteiger partial charge is 0.411 e. The first kappa shape index (κ1) is 14.3. The summed E-state index contributed by atoms with van der Waals surface area (Å²) in [4.78, 5) is 15.3. The van der Waals surface area contributed by atoms with Crippen LogP contribution >= 0.6 is 11.3 Å². The van der Waals surface area contributed by atoms with Gasteiger partial charge < -0.3 is 10.1 Å². The lowest BCUT2D eigenvalue weighted by Crippen LogP contribution is -2.12. The molecule has 7 heteroatoms. The summed E-state index contributed by atoms with van der Waals surface area (Å²) in [5, 5.41) is 8.25. The lowest BCUT2D eigenvalue weighted by atomic mass is 10.2. The Morgan fingerprint density at radius 3 is 2.90 bits per heavy atom. The highest BCUT2D eigenvalue weighted by atomic mass is 32.1. The van der Waals surface area contributed by atoms with Gasteiger partial charge in [-0.1, -0.05) is 0 Å². The van der Waals surface area contributed by atoms with Crippen molar-refractivity contribution in [2.75, 3.05) is 17.7 Å². The van der Waals surface area contributed by atoms with Gasteiger partial charge in [0.15, 0.2) is 0 Å². The average molecular weight is 295 g/mol. The first-order valence-corrected chi connectivity index (χ1v) is 6.76. The van der Waals surface area contributed by atoms with E-state index < -0.39 is 11.9 Å². The molecular formula is C13H14FN3O2S. The molecule has 0 fully saturated rings. The van der Waals surface area contributed by atoms with Gasteiger partial charge in [0.05, 0.1) is 19.3 Å². The molecule has 0 bridgehead atoms. The normalized spacial score (nSPS) is 10.2. The number of nitrogens with one attached hydrogen (secondary N) is 2. The molecule has 1 aromatic heterocycles. The SMILES string of the molecule is COC(=O)Nc1ccc(NCc2nc(C)cs2)cc1F. The summed E-state index contributed by atoms with van der Waals surface area (Å²) >= 11 is 1.55. The number of halogens is 1. The van der Waals surface area contributed by atoms with Crippen molar-refractivity contribution in [1.82, 2.24) is 4.98 Å². The van der Waals surface area contributed by atoms with Crippen LogP contribution in [-0.4, -0.2) is 18.2 Å². The van der Waals surface area contributed by atoms with E-state index in [9.17, 15) is 9.18 Å². The van der Waals surface area contributed by atoms with Crippen LogP contribution in [0.2, 0.25) is 0 Å². The maximum Gasteiger partial charge on any atom is 0.411 e. The number of hydrogen-bond donors (Lipinski definition) is 2. The van der Waals surface area contributed by atoms with Crippen molar-refractivity contribution in [2.24, 2.45) is 0 Å². The Hall–Kier alpha value is -2.15. The fourth-order valence-electron chi connectivity index (χ4n) is 1.55. The van der Waals surface area contributed by atoms with E-state index in [1.165, 1.54) is 19.2 Å². The highest BCUT2D eigenvalue weighted by molar-refractivity contribution is 7.09. The standard InChI is InChI=1S/C13H14FN3O2S/c1-8-7-20-12(16-8)6-15-9-3-4-11(10(14)5-9)17-13(18)19-2/h3-5,7,15H,6H2,1-2H3,(H,17,18). The van der Waals surface area contributed by atoms with Crippen molar-refractivity contribution in [1.29, 1.82) is 0 Å².